The number of amides is 1. The molecule has 140 valence electrons. The van der Waals surface area contributed by atoms with E-state index < -0.39 is 0 Å². The molecule has 1 aromatic heterocycles. The maximum Gasteiger partial charge on any atom is 0.409 e. The summed E-state index contributed by atoms with van der Waals surface area (Å²) in [6.07, 6.45) is 1.08. The molecular formula is C20H26N2O4. The molecule has 3 rings (SSSR count). The number of carbonyl (C=O) groups excluding carboxylic acids is 1. The molecular weight excluding hydrogens is 332 g/mol. The van der Waals surface area contributed by atoms with E-state index in [1.165, 1.54) is 18.7 Å². The summed E-state index contributed by atoms with van der Waals surface area (Å²) in [7, 11) is 1.41. The van der Waals surface area contributed by atoms with Gasteiger partial charge in [-0.25, -0.2) is 4.79 Å². The summed E-state index contributed by atoms with van der Waals surface area (Å²) in [5, 5.41) is 2.36. The number of nitrogens with one attached hydrogen (secondary N) is 1. The Morgan fingerprint density at radius 1 is 1.31 bits per heavy atom. The predicted octanol–water partition coefficient (Wildman–Crippen LogP) is 3.95. The van der Waals surface area contributed by atoms with Gasteiger partial charge in [0.05, 0.1) is 13.2 Å². The van der Waals surface area contributed by atoms with Crippen LogP contribution in [-0.2, 0) is 10.2 Å². The molecule has 1 saturated heterocycles. The highest BCUT2D eigenvalue weighted by Gasteiger charge is 2.35. The lowest BCUT2D eigenvalue weighted by molar-refractivity contribution is 0.0814. The van der Waals surface area contributed by atoms with Crippen molar-refractivity contribution in [3.8, 4) is 0 Å². The van der Waals surface area contributed by atoms with Crippen LogP contribution in [0.5, 0.6) is 0 Å². The third-order valence-corrected chi connectivity index (χ3v) is 5.09. The van der Waals surface area contributed by atoms with E-state index in [1.54, 1.807) is 4.90 Å². The monoisotopic (exact) mass is 358 g/mol. The highest BCUT2D eigenvalue weighted by Crippen LogP contribution is 2.40. The number of likely N-dealkylation sites (tertiary alicyclic amines) is 1. The van der Waals surface area contributed by atoms with Crippen molar-refractivity contribution in [1.29, 1.82) is 0 Å². The Kier molecular flexibility index (Phi) is 4.94. The van der Waals surface area contributed by atoms with Gasteiger partial charge in [-0.1, -0.05) is 45.0 Å². The molecule has 6 nitrogen and oxygen atoms in total. The van der Waals surface area contributed by atoms with Gasteiger partial charge in [-0.2, -0.15) is 5.16 Å². The molecule has 1 fully saturated rings. The standard InChI is InChI=1S/C20H26N2O4/c1-20(2,3)15-7-5-6-13(10-15)16-11-14(17-12-18(23)21-26-17)8-9-22(16)19(24)25-4/h5-7,10,12,14,16H,8-9,11H2,1-4H3,(H,21,23)/t14-,16+/m1/s1. The lowest BCUT2D eigenvalue weighted by atomic mass is 9.82. The van der Waals surface area contributed by atoms with Crippen LogP contribution in [0.2, 0.25) is 0 Å². The summed E-state index contributed by atoms with van der Waals surface area (Å²) in [5.41, 5.74) is 2.08. The van der Waals surface area contributed by atoms with Crippen LogP contribution in [-0.4, -0.2) is 29.8 Å². The Labute approximate surface area is 153 Å². The summed E-state index contributed by atoms with van der Waals surface area (Å²) in [4.78, 5) is 25.5. The number of hydrogen-bond acceptors (Lipinski definition) is 4. The average molecular weight is 358 g/mol. The van der Waals surface area contributed by atoms with E-state index in [2.05, 4.69) is 38.1 Å². The number of benzene rings is 1. The molecule has 0 spiro atoms. The molecule has 0 unspecified atom stereocenters. The van der Waals surface area contributed by atoms with Gasteiger partial charge in [0.15, 0.2) is 0 Å². The first-order valence-electron chi connectivity index (χ1n) is 8.93. The molecule has 1 aliphatic heterocycles. The van der Waals surface area contributed by atoms with Crippen molar-refractivity contribution in [1.82, 2.24) is 10.1 Å². The van der Waals surface area contributed by atoms with Crippen LogP contribution in [0.25, 0.3) is 0 Å². The quantitative estimate of drug-likeness (QED) is 0.882. The van der Waals surface area contributed by atoms with E-state index in [0.29, 0.717) is 18.7 Å². The molecule has 2 aromatic rings. The van der Waals surface area contributed by atoms with E-state index in [1.807, 2.05) is 12.1 Å². The van der Waals surface area contributed by atoms with Crippen LogP contribution in [0.1, 0.15) is 62.5 Å². The number of ether oxygens (including phenoxy) is 1. The third-order valence-electron chi connectivity index (χ3n) is 5.09. The fourth-order valence-electron chi connectivity index (χ4n) is 3.59. The van der Waals surface area contributed by atoms with Gasteiger partial charge in [-0.05, 0) is 29.4 Å². The summed E-state index contributed by atoms with van der Waals surface area (Å²) in [5.74, 6) is 0.731. The van der Waals surface area contributed by atoms with Crippen molar-refractivity contribution in [2.45, 2.75) is 51.0 Å². The topological polar surface area (TPSA) is 75.5 Å². The Morgan fingerprint density at radius 3 is 2.69 bits per heavy atom. The first kappa shape index (κ1) is 18.3. The number of methoxy groups -OCH3 is 1. The molecule has 0 saturated carbocycles. The second-order valence-electron chi connectivity index (χ2n) is 7.89. The second kappa shape index (κ2) is 7.02. The molecule has 1 aromatic carbocycles. The maximum atomic E-state index is 12.3. The van der Waals surface area contributed by atoms with Crippen molar-refractivity contribution in [2.24, 2.45) is 0 Å². The van der Waals surface area contributed by atoms with Crippen molar-refractivity contribution in [3.63, 3.8) is 0 Å². The SMILES string of the molecule is COC(=O)N1CC[C@@H](c2cc(=O)[nH]o2)C[C@H]1c1cccc(C(C)(C)C)c1. The van der Waals surface area contributed by atoms with Crippen molar-refractivity contribution < 1.29 is 14.1 Å². The van der Waals surface area contributed by atoms with Crippen LogP contribution < -0.4 is 5.56 Å². The molecule has 1 aliphatic rings. The number of rotatable bonds is 2. The Morgan fingerprint density at radius 2 is 2.08 bits per heavy atom. The van der Waals surface area contributed by atoms with Crippen LogP contribution in [0, 0.1) is 0 Å². The Hall–Kier alpha value is -2.50. The van der Waals surface area contributed by atoms with Gasteiger partial charge in [-0.15, -0.1) is 0 Å². The molecule has 0 bridgehead atoms. The minimum atomic E-state index is -0.329. The molecule has 0 radical (unpaired) electrons. The third kappa shape index (κ3) is 3.69. The second-order valence-corrected chi connectivity index (χ2v) is 7.89. The number of piperidine rings is 1. The first-order chi connectivity index (χ1) is 12.3. The highest BCUT2D eigenvalue weighted by atomic mass is 16.5. The fourth-order valence-corrected chi connectivity index (χ4v) is 3.59. The molecule has 26 heavy (non-hydrogen) atoms. The molecule has 1 N–H and O–H groups in total. The minimum absolute atomic E-state index is 0.0214. The van der Waals surface area contributed by atoms with Crippen molar-refractivity contribution in [3.05, 3.63) is 57.6 Å². The predicted molar refractivity (Wildman–Crippen MR) is 98.3 cm³/mol. The van der Waals surface area contributed by atoms with Gasteiger partial charge in [0.1, 0.15) is 5.76 Å². The summed E-state index contributed by atoms with van der Waals surface area (Å²) < 4.78 is 10.3. The Bertz CT molecular complexity index is 831. The van der Waals surface area contributed by atoms with E-state index >= 15 is 0 Å². The summed E-state index contributed by atoms with van der Waals surface area (Å²) in [6.45, 7) is 7.06. The van der Waals surface area contributed by atoms with E-state index in [4.69, 9.17) is 9.26 Å². The van der Waals surface area contributed by atoms with Crippen LogP contribution >= 0.6 is 0 Å². The van der Waals surface area contributed by atoms with E-state index in [-0.39, 0.29) is 29.0 Å². The average Bonchev–Trinajstić information content (AvgIpc) is 3.06. The zero-order valence-electron chi connectivity index (χ0n) is 15.7. The number of aromatic nitrogens is 1. The van der Waals surface area contributed by atoms with Gasteiger partial charge >= 0.3 is 6.09 Å². The molecule has 2 atom stereocenters. The van der Waals surface area contributed by atoms with E-state index in [0.717, 1.165) is 12.0 Å². The van der Waals surface area contributed by atoms with E-state index in [9.17, 15) is 9.59 Å². The normalized spacial score (nSPS) is 20.8. The van der Waals surface area contributed by atoms with Gasteiger partial charge < -0.3 is 14.2 Å². The van der Waals surface area contributed by atoms with Crippen LogP contribution in [0.3, 0.4) is 0 Å². The number of nitrogens with zero attached hydrogens (tertiary/aromatic N) is 1. The number of carbonyl (C=O) groups is 1. The smallest absolute Gasteiger partial charge is 0.409 e. The zero-order valence-corrected chi connectivity index (χ0v) is 15.7. The first-order valence-corrected chi connectivity index (χ1v) is 8.93. The molecule has 2 heterocycles. The zero-order chi connectivity index (χ0) is 18.9. The highest BCUT2D eigenvalue weighted by molar-refractivity contribution is 5.68. The Balaban J connectivity index is 1.95. The largest absolute Gasteiger partial charge is 0.453 e. The number of H-pyrrole nitrogens is 1. The summed E-state index contributed by atoms with van der Waals surface area (Å²) >= 11 is 0. The van der Waals surface area contributed by atoms with Gasteiger partial charge in [-0.3, -0.25) is 4.79 Å². The number of hydrogen-bond donors (Lipinski definition) is 1. The van der Waals surface area contributed by atoms with Crippen LogP contribution in [0.15, 0.2) is 39.6 Å². The lowest BCUT2D eigenvalue weighted by Gasteiger charge is -2.38. The lowest BCUT2D eigenvalue weighted by Crippen LogP contribution is -2.40. The van der Waals surface area contributed by atoms with Crippen LogP contribution in [0.4, 0.5) is 4.79 Å². The molecule has 0 aliphatic carbocycles. The summed E-state index contributed by atoms with van der Waals surface area (Å²) in [6, 6.07) is 9.73. The minimum Gasteiger partial charge on any atom is -0.453 e. The fraction of sp³-hybridized carbons (Fsp3) is 0.500. The number of aromatic amines is 1. The molecule has 1 amide bonds. The van der Waals surface area contributed by atoms with Gasteiger partial charge in [0, 0.05) is 18.5 Å². The maximum absolute atomic E-state index is 12.3. The molecule has 6 heteroatoms. The van der Waals surface area contributed by atoms with Gasteiger partial charge in [0.2, 0.25) is 0 Å². The van der Waals surface area contributed by atoms with Crippen molar-refractivity contribution >= 4 is 6.09 Å². The van der Waals surface area contributed by atoms with Gasteiger partial charge in [0.25, 0.3) is 5.56 Å². The van der Waals surface area contributed by atoms with Crippen molar-refractivity contribution in [2.75, 3.05) is 13.7 Å².